The Morgan fingerprint density at radius 2 is 1.49 bits per heavy atom. The molecule has 16 heteroatoms. The summed E-state index contributed by atoms with van der Waals surface area (Å²) in [4.78, 5) is 16.6. The molecule has 0 radical (unpaired) electrons. The molecule has 2 aromatic heterocycles. The van der Waals surface area contributed by atoms with Crippen molar-refractivity contribution in [2.24, 2.45) is 0 Å². The van der Waals surface area contributed by atoms with Crippen molar-refractivity contribution in [2.45, 2.75) is 58.4 Å². The summed E-state index contributed by atoms with van der Waals surface area (Å²) in [5.74, 6) is -1.62. The lowest BCUT2D eigenvalue weighted by molar-refractivity contribution is -0.574. The lowest BCUT2D eigenvalue weighted by atomic mass is 10.1. The van der Waals surface area contributed by atoms with Gasteiger partial charge in [0.25, 0.3) is 0 Å². The van der Waals surface area contributed by atoms with Crippen LogP contribution < -0.4 is 4.74 Å². The van der Waals surface area contributed by atoms with Crippen LogP contribution in [0.3, 0.4) is 0 Å². The van der Waals surface area contributed by atoms with Gasteiger partial charge in [-0.05, 0) is 61.5 Å². The van der Waals surface area contributed by atoms with Gasteiger partial charge in [0.15, 0.2) is 13.2 Å². The molecule has 43 heavy (non-hydrogen) atoms. The summed E-state index contributed by atoms with van der Waals surface area (Å²) in [6.07, 6.45) is -20.3. The number of halogens is 8. The minimum atomic E-state index is -5.87. The van der Waals surface area contributed by atoms with Gasteiger partial charge in [0, 0.05) is 32.1 Å². The molecule has 0 saturated heterocycles. The van der Waals surface area contributed by atoms with E-state index in [1.807, 2.05) is 32.0 Å². The number of fused-ring (bicyclic) bond motifs is 1. The zero-order valence-electron chi connectivity index (χ0n) is 22.8. The molecule has 0 aliphatic rings. The molecule has 2 heterocycles. The van der Waals surface area contributed by atoms with E-state index in [2.05, 4.69) is 30.5 Å². The number of pyridine rings is 1. The molecule has 0 amide bonds. The molecule has 236 valence electrons. The number of hydrogen-bond acceptors (Lipinski definition) is 8. The number of hydrogen-bond donors (Lipinski definition) is 0. The van der Waals surface area contributed by atoms with Crippen molar-refractivity contribution >= 4 is 27.4 Å². The Morgan fingerprint density at radius 3 is 2.07 bits per heavy atom. The molecule has 0 aliphatic carbocycles. The molecule has 0 fully saturated rings. The number of carbonyl (C=O) groups is 1. The molecular weight excluding hydrogens is 618 g/mol. The van der Waals surface area contributed by atoms with Crippen LogP contribution in [0.25, 0.3) is 20.5 Å². The highest BCUT2D eigenvalue weighted by atomic mass is 32.1. The summed E-state index contributed by atoms with van der Waals surface area (Å²) in [5.41, 5.74) is 2.29. The average molecular weight is 644 g/mol. The standard InChI is InChI=1S/C27H25F8NO6S/c1-5-17-8-10-19(20(6-2)36-17)22-11-16-7-9-18(12-21(16)43-22)38-13-24(28,29)40-26(32,33)42-27(34,35)41-25(30,31)14-39-23(37)15(3)4/h7-12H,3,5-6,13-14H2,1-2,4H3. The second kappa shape index (κ2) is 13.1. The number of aromatic nitrogens is 1. The van der Waals surface area contributed by atoms with Gasteiger partial charge in [-0.2, -0.15) is 17.6 Å². The van der Waals surface area contributed by atoms with Gasteiger partial charge in [0.2, 0.25) is 0 Å². The van der Waals surface area contributed by atoms with Crippen LogP contribution in [0.4, 0.5) is 35.1 Å². The highest BCUT2D eigenvalue weighted by Crippen LogP contribution is 2.39. The number of ether oxygens (including phenoxy) is 5. The number of rotatable bonds is 15. The van der Waals surface area contributed by atoms with Gasteiger partial charge in [-0.25, -0.2) is 19.0 Å². The maximum atomic E-state index is 14.1. The number of aryl methyl sites for hydroxylation is 2. The SMILES string of the molecule is C=C(C)C(=O)OCC(F)(F)OC(F)(F)OC(F)(F)OC(F)(F)COc1ccc2cc(-c3ccc(CC)nc3CC)sc2c1. The smallest absolute Gasteiger partial charge is 0.484 e. The summed E-state index contributed by atoms with van der Waals surface area (Å²) >= 11 is 1.30. The lowest BCUT2D eigenvalue weighted by Crippen LogP contribution is -2.46. The van der Waals surface area contributed by atoms with Gasteiger partial charge in [-0.3, -0.25) is 4.98 Å². The van der Waals surface area contributed by atoms with Crippen LogP contribution in [-0.4, -0.2) is 49.0 Å². The molecule has 7 nitrogen and oxygen atoms in total. The predicted molar refractivity (Wildman–Crippen MR) is 138 cm³/mol. The average Bonchev–Trinajstić information content (AvgIpc) is 3.31. The van der Waals surface area contributed by atoms with E-state index >= 15 is 0 Å². The van der Waals surface area contributed by atoms with Crippen molar-refractivity contribution in [1.29, 1.82) is 0 Å². The maximum Gasteiger partial charge on any atom is 0.496 e. The third kappa shape index (κ3) is 9.84. The molecule has 0 atom stereocenters. The third-order valence-corrected chi connectivity index (χ3v) is 6.52. The molecule has 0 unspecified atom stereocenters. The summed E-state index contributed by atoms with van der Waals surface area (Å²) in [6.45, 7) is 3.99. The van der Waals surface area contributed by atoms with E-state index in [-0.39, 0.29) is 11.3 Å². The van der Waals surface area contributed by atoms with Crippen molar-refractivity contribution in [1.82, 2.24) is 4.98 Å². The van der Waals surface area contributed by atoms with Crippen LogP contribution in [0, 0.1) is 0 Å². The predicted octanol–water partition coefficient (Wildman–Crippen LogP) is 7.92. The van der Waals surface area contributed by atoms with E-state index in [0.29, 0.717) is 11.1 Å². The Bertz CT molecular complexity index is 1460. The molecule has 0 spiro atoms. The van der Waals surface area contributed by atoms with Gasteiger partial charge < -0.3 is 9.47 Å². The molecule has 0 aliphatic heterocycles. The number of thiophene rings is 1. The minimum absolute atomic E-state index is 0.193. The second-order valence-electron chi connectivity index (χ2n) is 8.97. The first kappa shape index (κ1) is 34.2. The molecule has 0 saturated carbocycles. The topological polar surface area (TPSA) is 76.1 Å². The van der Waals surface area contributed by atoms with E-state index < -0.39 is 44.0 Å². The fourth-order valence-corrected chi connectivity index (χ4v) is 4.64. The summed E-state index contributed by atoms with van der Waals surface area (Å²) in [6, 6.07) is 9.85. The molecule has 0 N–H and O–H groups in total. The summed E-state index contributed by atoms with van der Waals surface area (Å²) in [7, 11) is 0. The van der Waals surface area contributed by atoms with Crippen LogP contribution in [0.5, 0.6) is 5.75 Å². The van der Waals surface area contributed by atoms with Gasteiger partial charge >= 0.3 is 30.8 Å². The third-order valence-electron chi connectivity index (χ3n) is 5.39. The Balaban J connectivity index is 1.63. The number of carbonyl (C=O) groups excluding carboxylic acids is 1. The Morgan fingerprint density at radius 1 is 0.860 bits per heavy atom. The fraction of sp³-hybridized carbons (Fsp3) is 0.407. The zero-order valence-corrected chi connectivity index (χ0v) is 23.6. The summed E-state index contributed by atoms with van der Waals surface area (Å²) in [5, 5.41) is 0.727. The first-order valence-corrected chi connectivity index (χ1v) is 13.3. The van der Waals surface area contributed by atoms with Gasteiger partial charge in [0.05, 0.1) is 0 Å². The quantitative estimate of drug-likeness (QED) is 0.0721. The van der Waals surface area contributed by atoms with E-state index in [4.69, 9.17) is 4.74 Å². The van der Waals surface area contributed by atoms with Gasteiger partial charge in [-0.15, -0.1) is 28.9 Å². The number of alkyl halides is 8. The van der Waals surface area contributed by atoms with Crippen LogP contribution >= 0.6 is 11.3 Å². The number of benzene rings is 1. The normalized spacial score (nSPS) is 12.9. The summed E-state index contributed by atoms with van der Waals surface area (Å²) < 4.78 is 128. The molecule has 1 aromatic carbocycles. The van der Waals surface area contributed by atoms with Crippen LogP contribution in [-0.2, 0) is 36.6 Å². The second-order valence-corrected chi connectivity index (χ2v) is 10.1. The van der Waals surface area contributed by atoms with E-state index in [1.54, 1.807) is 0 Å². The highest BCUT2D eigenvalue weighted by molar-refractivity contribution is 7.22. The van der Waals surface area contributed by atoms with Crippen molar-refractivity contribution in [3.63, 3.8) is 0 Å². The van der Waals surface area contributed by atoms with E-state index in [9.17, 15) is 39.9 Å². The first-order chi connectivity index (χ1) is 19.8. The monoisotopic (exact) mass is 643 g/mol. The van der Waals surface area contributed by atoms with Crippen LogP contribution in [0.15, 0.2) is 48.6 Å². The largest absolute Gasteiger partial charge is 0.496 e. The molecule has 3 rings (SSSR count). The Hall–Kier alpha value is -3.34. The Kier molecular flexibility index (Phi) is 10.4. The number of nitrogens with zero attached hydrogens (tertiary/aromatic N) is 1. The van der Waals surface area contributed by atoms with E-state index in [1.165, 1.54) is 29.5 Å². The van der Waals surface area contributed by atoms with Gasteiger partial charge in [0.1, 0.15) is 5.75 Å². The number of esters is 1. The van der Waals surface area contributed by atoms with Gasteiger partial charge in [-0.1, -0.05) is 20.4 Å². The van der Waals surface area contributed by atoms with Crippen LogP contribution in [0.2, 0.25) is 0 Å². The molecule has 0 bridgehead atoms. The minimum Gasteiger partial charge on any atom is -0.484 e. The highest BCUT2D eigenvalue weighted by Gasteiger charge is 2.57. The fourth-order valence-electron chi connectivity index (χ4n) is 3.50. The van der Waals surface area contributed by atoms with Crippen molar-refractivity contribution in [3.05, 3.63) is 59.9 Å². The zero-order chi connectivity index (χ0) is 32.2. The Labute approximate surface area is 244 Å². The van der Waals surface area contributed by atoms with Crippen LogP contribution in [0.1, 0.15) is 32.2 Å². The molecular formula is C27H25F8NO6S. The molecule has 3 aromatic rings. The van der Waals surface area contributed by atoms with Crippen molar-refractivity contribution in [2.75, 3.05) is 13.2 Å². The maximum absolute atomic E-state index is 14.1. The lowest BCUT2D eigenvalue weighted by Gasteiger charge is -2.27. The van der Waals surface area contributed by atoms with E-state index in [0.717, 1.165) is 40.6 Å². The first-order valence-electron chi connectivity index (χ1n) is 12.4. The van der Waals surface area contributed by atoms with Crippen molar-refractivity contribution < 1.29 is 63.6 Å². The van der Waals surface area contributed by atoms with Crippen molar-refractivity contribution in [3.8, 4) is 16.2 Å².